The molecule has 1 saturated heterocycles. The van der Waals surface area contributed by atoms with Gasteiger partial charge in [-0.25, -0.2) is 8.42 Å². The normalized spacial score (nSPS) is 26.9. The van der Waals surface area contributed by atoms with E-state index in [0.29, 0.717) is 12.2 Å². The van der Waals surface area contributed by atoms with Gasteiger partial charge in [0, 0.05) is 19.0 Å². The lowest BCUT2D eigenvalue weighted by molar-refractivity contribution is 0.447. The largest absolute Gasteiger partial charge is 0.314 e. The monoisotopic (exact) mass is 298 g/mol. The van der Waals surface area contributed by atoms with Crippen molar-refractivity contribution in [2.45, 2.75) is 57.7 Å². The van der Waals surface area contributed by atoms with Gasteiger partial charge in [0.25, 0.3) is 0 Å². The Balaban J connectivity index is 1.71. The highest BCUT2D eigenvalue weighted by Crippen LogP contribution is 2.21. The first-order valence-electron chi connectivity index (χ1n) is 7.43. The maximum Gasteiger partial charge on any atom is 0.151 e. The Morgan fingerprint density at radius 1 is 1.30 bits per heavy atom. The zero-order valence-electron chi connectivity index (χ0n) is 11.9. The smallest absolute Gasteiger partial charge is 0.151 e. The number of aryl methyl sites for hydroxylation is 1. The fourth-order valence-electron chi connectivity index (χ4n) is 3.18. The van der Waals surface area contributed by atoms with Crippen molar-refractivity contribution >= 4 is 9.84 Å². The van der Waals surface area contributed by atoms with Crippen LogP contribution in [-0.4, -0.2) is 40.7 Å². The van der Waals surface area contributed by atoms with Gasteiger partial charge in [0.05, 0.1) is 17.5 Å². The summed E-state index contributed by atoms with van der Waals surface area (Å²) in [4.78, 5) is 0. The molecule has 7 heteroatoms. The van der Waals surface area contributed by atoms with Crippen LogP contribution in [0.1, 0.15) is 50.3 Å². The first kappa shape index (κ1) is 14.0. The van der Waals surface area contributed by atoms with E-state index in [1.165, 1.54) is 19.3 Å². The number of fused-ring (bicyclic) bond motifs is 1. The van der Waals surface area contributed by atoms with Crippen LogP contribution in [0.15, 0.2) is 0 Å². The van der Waals surface area contributed by atoms with Crippen LogP contribution in [0.25, 0.3) is 0 Å². The molecule has 0 aromatic carbocycles. The van der Waals surface area contributed by atoms with E-state index in [1.807, 2.05) is 6.92 Å². The van der Waals surface area contributed by atoms with Crippen LogP contribution in [0.5, 0.6) is 0 Å². The molecule has 20 heavy (non-hydrogen) atoms. The van der Waals surface area contributed by atoms with E-state index >= 15 is 0 Å². The summed E-state index contributed by atoms with van der Waals surface area (Å²) in [5.41, 5.74) is 0. The van der Waals surface area contributed by atoms with Gasteiger partial charge in [0.1, 0.15) is 11.6 Å². The molecule has 2 aliphatic heterocycles. The van der Waals surface area contributed by atoms with Gasteiger partial charge in [-0.05, 0) is 26.2 Å². The Morgan fingerprint density at radius 3 is 2.90 bits per heavy atom. The van der Waals surface area contributed by atoms with Crippen LogP contribution >= 0.6 is 0 Å². The predicted octanol–water partition coefficient (Wildman–Crippen LogP) is 0.842. The molecule has 1 N–H and O–H groups in total. The second-order valence-corrected chi connectivity index (χ2v) is 8.15. The number of nitrogens with zero attached hydrogens (tertiary/aromatic N) is 3. The summed E-state index contributed by atoms with van der Waals surface area (Å²) >= 11 is 0. The second kappa shape index (κ2) is 5.44. The molecule has 1 aromatic heterocycles. The first-order chi connectivity index (χ1) is 9.55. The van der Waals surface area contributed by atoms with Crippen molar-refractivity contribution in [3.05, 3.63) is 11.6 Å². The Morgan fingerprint density at radius 2 is 2.15 bits per heavy atom. The summed E-state index contributed by atoms with van der Waals surface area (Å²) in [6.07, 6.45) is 5.29. The fraction of sp³-hybridized carbons (Fsp3) is 0.846. The number of hydrogen-bond acceptors (Lipinski definition) is 5. The number of nitrogens with one attached hydrogen (secondary N) is 1. The van der Waals surface area contributed by atoms with Gasteiger partial charge in [-0.2, -0.15) is 0 Å². The number of sulfone groups is 1. The summed E-state index contributed by atoms with van der Waals surface area (Å²) in [7, 11) is -2.84. The van der Waals surface area contributed by atoms with Crippen LogP contribution < -0.4 is 5.32 Å². The summed E-state index contributed by atoms with van der Waals surface area (Å²) < 4.78 is 25.2. The lowest BCUT2D eigenvalue weighted by Crippen LogP contribution is -2.33. The van der Waals surface area contributed by atoms with Crippen molar-refractivity contribution in [3.63, 3.8) is 0 Å². The van der Waals surface area contributed by atoms with Gasteiger partial charge >= 0.3 is 0 Å². The van der Waals surface area contributed by atoms with Crippen molar-refractivity contribution in [2.24, 2.45) is 0 Å². The third-order valence-electron chi connectivity index (χ3n) is 4.24. The predicted molar refractivity (Wildman–Crippen MR) is 76.2 cm³/mol. The van der Waals surface area contributed by atoms with Crippen molar-refractivity contribution in [3.8, 4) is 0 Å². The fourth-order valence-corrected chi connectivity index (χ4v) is 4.87. The number of rotatable bonds is 3. The SMILES string of the molecule is CC(NC1CCS(=O)(=O)C1)c1nnc2n1CCCCC2. The summed E-state index contributed by atoms with van der Waals surface area (Å²) in [5.74, 6) is 2.57. The van der Waals surface area contributed by atoms with Crippen molar-refractivity contribution in [1.29, 1.82) is 0 Å². The summed E-state index contributed by atoms with van der Waals surface area (Å²) in [6.45, 7) is 3.03. The highest BCUT2D eigenvalue weighted by molar-refractivity contribution is 7.91. The molecule has 2 aliphatic rings. The molecule has 0 aliphatic carbocycles. The highest BCUT2D eigenvalue weighted by atomic mass is 32.2. The van der Waals surface area contributed by atoms with E-state index in [2.05, 4.69) is 20.1 Å². The van der Waals surface area contributed by atoms with Crippen LogP contribution in [0.3, 0.4) is 0 Å². The van der Waals surface area contributed by atoms with Crippen LogP contribution in [0, 0.1) is 0 Å². The van der Waals surface area contributed by atoms with Gasteiger partial charge in [-0.3, -0.25) is 0 Å². The van der Waals surface area contributed by atoms with Gasteiger partial charge in [-0.1, -0.05) is 6.42 Å². The van der Waals surface area contributed by atoms with Crippen molar-refractivity contribution < 1.29 is 8.42 Å². The van der Waals surface area contributed by atoms with E-state index in [0.717, 1.165) is 24.6 Å². The molecule has 2 atom stereocenters. The van der Waals surface area contributed by atoms with Gasteiger partial charge in [0.2, 0.25) is 0 Å². The molecule has 1 aromatic rings. The van der Waals surface area contributed by atoms with Crippen LogP contribution in [0.2, 0.25) is 0 Å². The minimum Gasteiger partial charge on any atom is -0.314 e. The number of hydrogen-bond donors (Lipinski definition) is 1. The van der Waals surface area contributed by atoms with Crippen LogP contribution in [-0.2, 0) is 22.8 Å². The van der Waals surface area contributed by atoms with Crippen molar-refractivity contribution in [2.75, 3.05) is 11.5 Å². The molecule has 0 radical (unpaired) electrons. The third-order valence-corrected chi connectivity index (χ3v) is 6.01. The molecular formula is C13H22N4O2S. The minimum absolute atomic E-state index is 0.0488. The van der Waals surface area contributed by atoms with Gasteiger partial charge in [-0.15, -0.1) is 10.2 Å². The van der Waals surface area contributed by atoms with Gasteiger partial charge < -0.3 is 9.88 Å². The van der Waals surface area contributed by atoms with E-state index in [9.17, 15) is 8.42 Å². The third kappa shape index (κ3) is 2.88. The quantitative estimate of drug-likeness (QED) is 0.895. The van der Waals surface area contributed by atoms with E-state index < -0.39 is 9.84 Å². The zero-order chi connectivity index (χ0) is 14.2. The summed E-state index contributed by atoms with van der Waals surface area (Å²) in [6, 6.07) is 0.0985. The average molecular weight is 298 g/mol. The van der Waals surface area contributed by atoms with E-state index in [4.69, 9.17) is 0 Å². The standard InChI is InChI=1S/C13H22N4O2S/c1-10(14-11-6-8-20(18,19)9-11)13-16-15-12-5-3-2-4-7-17(12)13/h10-11,14H,2-9H2,1H3. The molecule has 0 spiro atoms. The Bertz CT molecular complexity index is 581. The molecule has 2 unspecified atom stereocenters. The maximum absolute atomic E-state index is 11.5. The second-order valence-electron chi connectivity index (χ2n) is 5.93. The highest BCUT2D eigenvalue weighted by Gasteiger charge is 2.30. The lowest BCUT2D eigenvalue weighted by Gasteiger charge is -2.18. The molecule has 6 nitrogen and oxygen atoms in total. The van der Waals surface area contributed by atoms with Crippen LogP contribution in [0.4, 0.5) is 0 Å². The van der Waals surface area contributed by atoms with Crippen molar-refractivity contribution in [1.82, 2.24) is 20.1 Å². The molecule has 1 fully saturated rings. The Hall–Kier alpha value is -0.950. The average Bonchev–Trinajstić information content (AvgIpc) is 2.85. The lowest BCUT2D eigenvalue weighted by atomic mass is 10.2. The first-order valence-corrected chi connectivity index (χ1v) is 9.26. The maximum atomic E-state index is 11.5. The number of aromatic nitrogens is 3. The topological polar surface area (TPSA) is 76.9 Å². The summed E-state index contributed by atoms with van der Waals surface area (Å²) in [5, 5.41) is 12.0. The Labute approximate surface area is 119 Å². The molecule has 3 rings (SSSR count). The minimum atomic E-state index is -2.84. The Kier molecular flexibility index (Phi) is 3.81. The zero-order valence-corrected chi connectivity index (χ0v) is 12.7. The van der Waals surface area contributed by atoms with Gasteiger partial charge in [0.15, 0.2) is 9.84 Å². The van der Waals surface area contributed by atoms with E-state index in [-0.39, 0.29) is 17.8 Å². The van der Waals surface area contributed by atoms with E-state index in [1.54, 1.807) is 0 Å². The molecule has 0 bridgehead atoms. The molecule has 3 heterocycles. The molecule has 112 valence electrons. The molecular weight excluding hydrogens is 276 g/mol. The molecule has 0 amide bonds. The molecule has 0 saturated carbocycles.